The molecule has 0 aliphatic carbocycles. The van der Waals surface area contributed by atoms with Crippen LogP contribution in [0.1, 0.15) is 38.1 Å². The zero-order chi connectivity index (χ0) is 23.5. The smallest absolute Gasteiger partial charge is 0.262 e. The van der Waals surface area contributed by atoms with Crippen molar-refractivity contribution in [3.63, 3.8) is 0 Å². The molecule has 1 aromatic carbocycles. The highest BCUT2D eigenvalue weighted by molar-refractivity contribution is 7.89. The van der Waals surface area contributed by atoms with Gasteiger partial charge in [0.1, 0.15) is 5.82 Å². The summed E-state index contributed by atoms with van der Waals surface area (Å²) in [6.07, 6.45) is 2.70. The lowest BCUT2D eigenvalue weighted by Gasteiger charge is -2.29. The molecule has 1 aliphatic rings. The number of nitrogens with zero attached hydrogens (tertiary/aromatic N) is 3. The number of anilines is 1. The topological polar surface area (TPSA) is 113 Å². The van der Waals surface area contributed by atoms with Crippen LogP contribution in [0.15, 0.2) is 35.5 Å². The second kappa shape index (κ2) is 9.83. The maximum atomic E-state index is 12.8. The standard InChI is InChI=1S/C22H31N5O4S/c1-15(2)23-20(28)13-17-5-7-19(8-6-17)25-22(29)18-9-11-27(12-10-18)32(30,31)21-14-26(4)16(3)24-21/h5-8,14-15,18H,9-13H2,1-4H3,(H,23,28)(H,25,29). The van der Waals surface area contributed by atoms with Crippen molar-refractivity contribution < 1.29 is 18.0 Å². The van der Waals surface area contributed by atoms with Gasteiger partial charge >= 0.3 is 0 Å². The number of carbonyl (C=O) groups excluding carboxylic acids is 2. The van der Waals surface area contributed by atoms with Crippen LogP contribution in [0.5, 0.6) is 0 Å². The molecule has 0 radical (unpaired) electrons. The third-order valence-corrected chi connectivity index (χ3v) is 7.32. The summed E-state index contributed by atoms with van der Waals surface area (Å²) in [5, 5.41) is 5.79. The number of benzene rings is 1. The summed E-state index contributed by atoms with van der Waals surface area (Å²) >= 11 is 0. The lowest BCUT2D eigenvalue weighted by atomic mass is 9.97. The van der Waals surface area contributed by atoms with Gasteiger partial charge in [-0.2, -0.15) is 4.31 Å². The van der Waals surface area contributed by atoms with Gasteiger partial charge < -0.3 is 15.2 Å². The Morgan fingerprint density at radius 2 is 1.78 bits per heavy atom. The minimum absolute atomic E-state index is 0.0423. The molecule has 0 unspecified atom stereocenters. The molecule has 2 aromatic rings. The number of hydrogen-bond donors (Lipinski definition) is 2. The van der Waals surface area contributed by atoms with Gasteiger partial charge in [-0.15, -0.1) is 0 Å². The van der Waals surface area contributed by atoms with Gasteiger partial charge in [-0.25, -0.2) is 13.4 Å². The van der Waals surface area contributed by atoms with E-state index in [4.69, 9.17) is 0 Å². The van der Waals surface area contributed by atoms with Gasteiger partial charge in [-0.1, -0.05) is 12.1 Å². The van der Waals surface area contributed by atoms with Crippen LogP contribution in [0.3, 0.4) is 0 Å². The fourth-order valence-electron chi connectivity index (χ4n) is 3.65. The summed E-state index contributed by atoms with van der Waals surface area (Å²) in [7, 11) is -1.90. The molecule has 3 rings (SSSR count). The number of sulfonamides is 1. The fourth-order valence-corrected chi connectivity index (χ4v) is 5.14. The molecule has 2 amide bonds. The third kappa shape index (κ3) is 5.74. The van der Waals surface area contributed by atoms with Gasteiger partial charge in [-0.05, 0) is 51.3 Å². The molecule has 1 saturated heterocycles. The lowest BCUT2D eigenvalue weighted by Crippen LogP contribution is -2.41. The Bertz CT molecular complexity index is 1050. The number of aromatic nitrogens is 2. The van der Waals surface area contributed by atoms with Crippen molar-refractivity contribution in [2.24, 2.45) is 13.0 Å². The maximum absolute atomic E-state index is 12.8. The Labute approximate surface area is 189 Å². The highest BCUT2D eigenvalue weighted by Gasteiger charge is 2.33. The van der Waals surface area contributed by atoms with Crippen LogP contribution in [0.4, 0.5) is 5.69 Å². The van der Waals surface area contributed by atoms with Crippen LogP contribution in [0.25, 0.3) is 0 Å². The molecule has 1 aliphatic heterocycles. The van der Waals surface area contributed by atoms with Crippen LogP contribution >= 0.6 is 0 Å². The largest absolute Gasteiger partial charge is 0.354 e. The van der Waals surface area contributed by atoms with Crippen molar-refractivity contribution >= 4 is 27.5 Å². The summed E-state index contributed by atoms with van der Waals surface area (Å²) in [5.41, 5.74) is 1.52. The van der Waals surface area contributed by atoms with Gasteiger partial charge in [0.25, 0.3) is 10.0 Å². The average molecular weight is 462 g/mol. The lowest BCUT2D eigenvalue weighted by molar-refractivity contribution is -0.121. The Hall–Kier alpha value is -2.72. The number of hydrogen-bond acceptors (Lipinski definition) is 5. The third-order valence-electron chi connectivity index (χ3n) is 5.55. The summed E-state index contributed by atoms with van der Waals surface area (Å²) in [5.74, 6) is 0.202. The van der Waals surface area contributed by atoms with E-state index in [2.05, 4.69) is 15.6 Å². The molecule has 1 fully saturated rings. The number of nitrogens with one attached hydrogen (secondary N) is 2. The Morgan fingerprint density at radius 3 is 2.31 bits per heavy atom. The Balaban J connectivity index is 1.53. The summed E-state index contributed by atoms with van der Waals surface area (Å²) in [6, 6.07) is 7.28. The number of piperidine rings is 1. The van der Waals surface area contributed by atoms with E-state index in [0.29, 0.717) is 24.4 Å². The van der Waals surface area contributed by atoms with E-state index in [9.17, 15) is 18.0 Å². The summed E-state index contributed by atoms with van der Waals surface area (Å²) < 4.78 is 28.7. The van der Waals surface area contributed by atoms with Gasteiger partial charge in [-0.3, -0.25) is 9.59 Å². The molecule has 1 aromatic heterocycles. The zero-order valence-electron chi connectivity index (χ0n) is 19.0. The van der Waals surface area contributed by atoms with Crippen LogP contribution in [0, 0.1) is 12.8 Å². The monoisotopic (exact) mass is 461 g/mol. The number of rotatable bonds is 7. The molecule has 9 nitrogen and oxygen atoms in total. The molecule has 0 saturated carbocycles. The van der Waals surface area contributed by atoms with E-state index in [-0.39, 0.29) is 48.3 Å². The molecule has 32 heavy (non-hydrogen) atoms. The number of amides is 2. The van der Waals surface area contributed by atoms with Gasteiger partial charge in [0, 0.05) is 44.0 Å². The quantitative estimate of drug-likeness (QED) is 0.653. The average Bonchev–Trinajstić information content (AvgIpc) is 3.08. The molecule has 0 bridgehead atoms. The van der Waals surface area contributed by atoms with E-state index in [1.165, 1.54) is 10.5 Å². The first-order valence-electron chi connectivity index (χ1n) is 10.8. The first-order chi connectivity index (χ1) is 15.1. The van der Waals surface area contributed by atoms with Gasteiger partial charge in [0.15, 0.2) is 5.03 Å². The zero-order valence-corrected chi connectivity index (χ0v) is 19.8. The van der Waals surface area contributed by atoms with Crippen molar-refractivity contribution in [3.05, 3.63) is 41.9 Å². The summed E-state index contributed by atoms with van der Waals surface area (Å²) in [6.45, 7) is 6.13. The maximum Gasteiger partial charge on any atom is 0.262 e. The molecule has 174 valence electrons. The number of carbonyl (C=O) groups is 2. The highest BCUT2D eigenvalue weighted by Crippen LogP contribution is 2.24. The molecule has 0 atom stereocenters. The molecule has 0 spiro atoms. The molecule has 2 heterocycles. The normalized spacial score (nSPS) is 15.7. The van der Waals surface area contributed by atoms with Crippen LogP contribution < -0.4 is 10.6 Å². The Morgan fingerprint density at radius 1 is 1.16 bits per heavy atom. The fraction of sp³-hybridized carbons (Fsp3) is 0.500. The van der Waals surface area contributed by atoms with E-state index in [1.54, 1.807) is 30.7 Å². The second-order valence-corrected chi connectivity index (χ2v) is 10.4. The minimum atomic E-state index is -3.66. The SMILES string of the molecule is Cc1nc(S(=O)(=O)N2CCC(C(=O)Nc3ccc(CC(=O)NC(C)C)cc3)CC2)cn1C. The van der Waals surface area contributed by atoms with Crippen molar-refractivity contribution in [1.29, 1.82) is 0 Å². The Kier molecular flexibility index (Phi) is 7.35. The molecular formula is C22H31N5O4S. The van der Waals surface area contributed by atoms with Crippen molar-refractivity contribution in [3.8, 4) is 0 Å². The second-order valence-electron chi connectivity index (χ2n) is 8.50. The van der Waals surface area contributed by atoms with E-state index in [1.807, 2.05) is 26.0 Å². The molecule has 2 N–H and O–H groups in total. The number of imidazole rings is 1. The van der Waals surface area contributed by atoms with E-state index in [0.717, 1.165) is 5.56 Å². The molecule has 10 heteroatoms. The van der Waals surface area contributed by atoms with Crippen LogP contribution in [0.2, 0.25) is 0 Å². The molecular weight excluding hydrogens is 430 g/mol. The first kappa shape index (κ1) is 23.9. The van der Waals surface area contributed by atoms with Crippen LogP contribution in [-0.4, -0.2) is 53.2 Å². The predicted molar refractivity (Wildman–Crippen MR) is 121 cm³/mol. The van der Waals surface area contributed by atoms with Crippen molar-refractivity contribution in [2.75, 3.05) is 18.4 Å². The van der Waals surface area contributed by atoms with Crippen molar-refractivity contribution in [2.45, 2.75) is 51.1 Å². The first-order valence-corrected chi connectivity index (χ1v) is 12.2. The van der Waals surface area contributed by atoms with Crippen molar-refractivity contribution in [1.82, 2.24) is 19.2 Å². The van der Waals surface area contributed by atoms with Gasteiger partial charge in [0.2, 0.25) is 11.8 Å². The number of aryl methyl sites for hydroxylation is 2. The van der Waals surface area contributed by atoms with E-state index < -0.39 is 10.0 Å². The van der Waals surface area contributed by atoms with Gasteiger partial charge in [0.05, 0.1) is 6.42 Å². The van der Waals surface area contributed by atoms with E-state index >= 15 is 0 Å². The minimum Gasteiger partial charge on any atom is -0.354 e. The summed E-state index contributed by atoms with van der Waals surface area (Å²) in [4.78, 5) is 28.7. The van der Waals surface area contributed by atoms with Crippen LogP contribution in [-0.2, 0) is 33.1 Å². The highest BCUT2D eigenvalue weighted by atomic mass is 32.2. The predicted octanol–water partition coefficient (Wildman–Crippen LogP) is 1.84.